The summed E-state index contributed by atoms with van der Waals surface area (Å²) in [6.45, 7) is 2.43. The second kappa shape index (κ2) is 9.95. The van der Waals surface area contributed by atoms with Gasteiger partial charge in [-0.15, -0.1) is 0 Å². The van der Waals surface area contributed by atoms with Gasteiger partial charge in [0, 0.05) is 5.57 Å². The van der Waals surface area contributed by atoms with Gasteiger partial charge in [0.2, 0.25) is 0 Å². The van der Waals surface area contributed by atoms with Gasteiger partial charge in [0.05, 0.1) is 25.5 Å². The number of nitrogens with zero attached hydrogens (tertiary/aromatic N) is 2. The fourth-order valence-corrected chi connectivity index (χ4v) is 3.93. The normalized spacial score (nSPS) is 16.9. The number of carbonyl (C=O) groups excluding carboxylic acids is 2. The van der Waals surface area contributed by atoms with Crippen molar-refractivity contribution in [3.05, 3.63) is 95.0 Å². The van der Waals surface area contributed by atoms with Crippen molar-refractivity contribution in [2.75, 3.05) is 13.7 Å². The van der Waals surface area contributed by atoms with Crippen LogP contribution < -0.4 is 9.47 Å². The zero-order valence-corrected chi connectivity index (χ0v) is 18.8. The summed E-state index contributed by atoms with van der Waals surface area (Å²) in [5.41, 5.74) is 2.39. The van der Waals surface area contributed by atoms with Crippen LogP contribution in [0.2, 0.25) is 0 Å². The van der Waals surface area contributed by atoms with E-state index < -0.39 is 11.8 Å². The van der Waals surface area contributed by atoms with E-state index in [1.807, 2.05) is 37.3 Å². The first-order valence-corrected chi connectivity index (χ1v) is 10.7. The smallest absolute Gasteiger partial charge is 0.254 e. The van der Waals surface area contributed by atoms with Gasteiger partial charge < -0.3 is 14.2 Å². The van der Waals surface area contributed by atoms with Crippen LogP contribution in [0.1, 0.15) is 18.1 Å². The highest BCUT2D eigenvalue weighted by Gasteiger charge is 2.42. The van der Waals surface area contributed by atoms with E-state index in [2.05, 4.69) is 6.07 Å². The number of ether oxygens (including phenoxy) is 3. The SMILES string of the molecule is CCOC1=C(c2ccc(OC)c(OCc3ccccc3)c2)C(C#N)C(=O)N2C(=C=O)C=CC=C12. The second-order valence-electron chi connectivity index (χ2n) is 7.45. The predicted octanol–water partition coefficient (Wildman–Crippen LogP) is 4.17. The molecular weight excluding hydrogens is 432 g/mol. The number of benzene rings is 2. The van der Waals surface area contributed by atoms with Crippen LogP contribution in [0.4, 0.5) is 0 Å². The van der Waals surface area contributed by atoms with Gasteiger partial charge in [-0.05, 0) is 42.3 Å². The monoisotopic (exact) mass is 454 g/mol. The summed E-state index contributed by atoms with van der Waals surface area (Å²) < 4.78 is 17.4. The molecule has 4 rings (SSSR count). The average molecular weight is 454 g/mol. The van der Waals surface area contributed by atoms with Gasteiger partial charge in [0.25, 0.3) is 5.91 Å². The van der Waals surface area contributed by atoms with Crippen molar-refractivity contribution in [1.29, 1.82) is 5.26 Å². The maximum atomic E-state index is 13.3. The quantitative estimate of drug-likeness (QED) is 0.584. The molecule has 0 spiro atoms. The van der Waals surface area contributed by atoms with E-state index in [9.17, 15) is 14.9 Å². The van der Waals surface area contributed by atoms with Crippen molar-refractivity contribution in [3.63, 3.8) is 0 Å². The van der Waals surface area contributed by atoms with E-state index >= 15 is 0 Å². The Morgan fingerprint density at radius 1 is 1.09 bits per heavy atom. The number of hydrogen-bond acceptors (Lipinski definition) is 6. The van der Waals surface area contributed by atoms with Gasteiger partial charge in [0.1, 0.15) is 18.1 Å². The Hall–Kier alpha value is -4.53. The Bertz CT molecular complexity index is 1290. The zero-order chi connectivity index (χ0) is 24.1. The molecule has 2 heterocycles. The van der Waals surface area contributed by atoms with Gasteiger partial charge >= 0.3 is 0 Å². The van der Waals surface area contributed by atoms with Crippen LogP contribution in [0.3, 0.4) is 0 Å². The first-order chi connectivity index (χ1) is 16.6. The highest BCUT2D eigenvalue weighted by Crippen LogP contribution is 2.43. The molecule has 0 radical (unpaired) electrons. The van der Waals surface area contributed by atoms with Crippen molar-refractivity contribution in [2.45, 2.75) is 13.5 Å². The molecule has 0 bridgehead atoms. The molecule has 7 nitrogen and oxygen atoms in total. The Kier molecular flexibility index (Phi) is 6.63. The standard InChI is InChI=1S/C27H22N2O5/c1-3-33-26-22-11-7-10-20(16-30)29(22)27(31)21(15-28)25(26)19-12-13-23(32-2)24(14-19)34-17-18-8-5-4-6-9-18/h4-14,21H,3,17H2,1-2H3. The van der Waals surface area contributed by atoms with Crippen molar-refractivity contribution in [3.8, 4) is 17.6 Å². The first kappa shape index (κ1) is 22.7. The van der Waals surface area contributed by atoms with Crippen molar-refractivity contribution in [2.24, 2.45) is 5.92 Å². The Balaban J connectivity index is 1.84. The van der Waals surface area contributed by atoms with Crippen molar-refractivity contribution >= 4 is 17.4 Å². The third kappa shape index (κ3) is 4.11. The highest BCUT2D eigenvalue weighted by atomic mass is 16.5. The molecule has 0 fully saturated rings. The minimum Gasteiger partial charge on any atom is -0.493 e. The number of methoxy groups -OCH3 is 1. The fourth-order valence-electron chi connectivity index (χ4n) is 3.93. The molecule has 0 N–H and O–H groups in total. The van der Waals surface area contributed by atoms with Crippen LogP contribution in [-0.4, -0.2) is 30.5 Å². The van der Waals surface area contributed by atoms with Crippen molar-refractivity contribution < 1.29 is 23.8 Å². The van der Waals surface area contributed by atoms with Gasteiger partial charge in [-0.2, -0.15) is 5.26 Å². The maximum absolute atomic E-state index is 13.3. The summed E-state index contributed by atoms with van der Waals surface area (Å²) in [6, 6.07) is 17.0. The molecule has 0 aliphatic carbocycles. The topological polar surface area (TPSA) is 88.9 Å². The minimum absolute atomic E-state index is 0.0283. The lowest BCUT2D eigenvalue weighted by atomic mass is 9.85. The maximum Gasteiger partial charge on any atom is 0.254 e. The van der Waals surface area contributed by atoms with E-state index in [1.54, 1.807) is 43.4 Å². The number of fused-ring (bicyclic) bond motifs is 1. The zero-order valence-electron chi connectivity index (χ0n) is 18.8. The van der Waals surface area contributed by atoms with E-state index in [0.29, 0.717) is 47.3 Å². The molecule has 170 valence electrons. The van der Waals surface area contributed by atoms with Crippen LogP contribution in [0.5, 0.6) is 11.5 Å². The van der Waals surface area contributed by atoms with Crippen LogP contribution in [0.15, 0.2) is 83.9 Å². The van der Waals surface area contributed by atoms with Gasteiger partial charge in [-0.25, -0.2) is 4.79 Å². The van der Waals surface area contributed by atoms with Crippen LogP contribution in [0.25, 0.3) is 5.57 Å². The van der Waals surface area contributed by atoms with E-state index in [0.717, 1.165) is 5.56 Å². The van der Waals surface area contributed by atoms with Crippen LogP contribution in [0, 0.1) is 17.2 Å². The summed E-state index contributed by atoms with van der Waals surface area (Å²) >= 11 is 0. The van der Waals surface area contributed by atoms with Crippen LogP contribution in [-0.2, 0) is 20.9 Å². The third-order valence-electron chi connectivity index (χ3n) is 5.46. The Morgan fingerprint density at radius 3 is 2.56 bits per heavy atom. The summed E-state index contributed by atoms with van der Waals surface area (Å²) in [5.74, 6) is 1.37. The molecule has 34 heavy (non-hydrogen) atoms. The molecule has 2 aliphatic rings. The van der Waals surface area contributed by atoms with Crippen molar-refractivity contribution in [1.82, 2.24) is 4.90 Å². The molecule has 1 amide bonds. The Morgan fingerprint density at radius 2 is 1.88 bits per heavy atom. The number of amides is 1. The van der Waals surface area contributed by atoms with E-state index in [1.165, 1.54) is 11.0 Å². The van der Waals surface area contributed by atoms with Gasteiger partial charge in [0.15, 0.2) is 23.4 Å². The summed E-state index contributed by atoms with van der Waals surface area (Å²) in [5, 5.41) is 9.96. The lowest BCUT2D eigenvalue weighted by Gasteiger charge is -2.35. The lowest BCUT2D eigenvalue weighted by Crippen LogP contribution is -2.41. The number of nitriles is 1. The Labute approximate surface area is 197 Å². The molecule has 1 atom stereocenters. The lowest BCUT2D eigenvalue weighted by molar-refractivity contribution is -0.129. The second-order valence-corrected chi connectivity index (χ2v) is 7.45. The summed E-state index contributed by atoms with van der Waals surface area (Å²) in [6.07, 6.45) is 4.79. The van der Waals surface area contributed by atoms with Crippen LogP contribution >= 0.6 is 0 Å². The predicted molar refractivity (Wildman–Crippen MR) is 125 cm³/mol. The number of hydrogen-bond donors (Lipinski definition) is 0. The number of allylic oxidation sites excluding steroid dienone is 3. The van der Waals surface area contributed by atoms with Gasteiger partial charge in [-0.3, -0.25) is 9.69 Å². The molecule has 7 heteroatoms. The molecule has 2 aromatic rings. The third-order valence-corrected chi connectivity index (χ3v) is 5.46. The molecule has 1 unspecified atom stereocenters. The van der Waals surface area contributed by atoms with E-state index in [4.69, 9.17) is 14.2 Å². The average Bonchev–Trinajstić information content (AvgIpc) is 2.88. The number of carbonyl (C=O) groups is 1. The van der Waals surface area contributed by atoms with Gasteiger partial charge in [-0.1, -0.05) is 42.5 Å². The fraction of sp³-hybridized carbons (Fsp3) is 0.185. The van der Waals surface area contributed by atoms with E-state index in [-0.39, 0.29) is 5.70 Å². The number of rotatable bonds is 7. The largest absolute Gasteiger partial charge is 0.493 e. The molecule has 0 aromatic heterocycles. The minimum atomic E-state index is -1.19. The molecular formula is C27H22N2O5. The molecule has 0 saturated heterocycles. The highest BCUT2D eigenvalue weighted by molar-refractivity contribution is 6.02. The molecule has 2 aliphatic heterocycles. The first-order valence-electron chi connectivity index (χ1n) is 10.7. The molecule has 2 aromatic carbocycles. The summed E-state index contributed by atoms with van der Waals surface area (Å²) in [4.78, 5) is 26.0. The summed E-state index contributed by atoms with van der Waals surface area (Å²) in [7, 11) is 1.54. The molecule has 0 saturated carbocycles.